The number of aromatic nitrogens is 3. The monoisotopic (exact) mass is 465 g/mol. The highest BCUT2D eigenvalue weighted by atomic mass is 32.2. The summed E-state index contributed by atoms with van der Waals surface area (Å²) in [6, 6.07) is 13.3. The van der Waals surface area contributed by atoms with Crippen LogP contribution in [-0.2, 0) is 0 Å². The number of thioether (sulfide) groups is 1. The Morgan fingerprint density at radius 1 is 1.15 bits per heavy atom. The van der Waals surface area contributed by atoms with E-state index in [4.69, 9.17) is 9.84 Å². The van der Waals surface area contributed by atoms with E-state index in [2.05, 4.69) is 20.3 Å². The molecule has 0 aliphatic rings. The molecule has 2 heterocycles. The van der Waals surface area contributed by atoms with Crippen molar-refractivity contribution in [2.45, 2.75) is 17.4 Å². The van der Waals surface area contributed by atoms with Gasteiger partial charge in [-0.05, 0) is 48.9 Å². The molecule has 0 fully saturated rings. The molecule has 10 nitrogen and oxygen atoms in total. The number of hydrogen-bond donors (Lipinski definition) is 3. The number of anilines is 2. The fourth-order valence-electron chi connectivity index (χ4n) is 3.04. The second kappa shape index (κ2) is 9.77. The number of fused-ring (bicyclic) bond motifs is 1. The highest BCUT2D eigenvalue weighted by molar-refractivity contribution is 7.99. The van der Waals surface area contributed by atoms with Crippen molar-refractivity contribution in [3.05, 3.63) is 76.7 Å². The van der Waals surface area contributed by atoms with Crippen molar-refractivity contribution in [1.82, 2.24) is 15.0 Å². The first kappa shape index (κ1) is 22.4. The lowest BCUT2D eigenvalue weighted by Gasteiger charge is -2.13. The average molecular weight is 465 g/mol. The van der Waals surface area contributed by atoms with Crippen LogP contribution in [0.25, 0.3) is 10.9 Å². The molecule has 4 aromatic rings. The third-order valence-electron chi connectivity index (χ3n) is 4.62. The van der Waals surface area contributed by atoms with Crippen LogP contribution in [0.4, 0.5) is 17.2 Å². The summed E-state index contributed by atoms with van der Waals surface area (Å²) in [5.41, 5.74) is 1.21. The summed E-state index contributed by atoms with van der Waals surface area (Å²) in [6.07, 6.45) is 2.94. The van der Waals surface area contributed by atoms with Gasteiger partial charge in [0.15, 0.2) is 0 Å². The Morgan fingerprint density at radius 3 is 2.70 bits per heavy atom. The lowest BCUT2D eigenvalue weighted by molar-refractivity contribution is -0.384. The van der Waals surface area contributed by atoms with E-state index < -0.39 is 10.4 Å². The number of aliphatic hydroxyl groups excluding tert-OH is 2. The van der Waals surface area contributed by atoms with Crippen LogP contribution in [0.1, 0.15) is 5.56 Å². The first-order valence-electron chi connectivity index (χ1n) is 9.79. The minimum absolute atomic E-state index is 0.0378. The Hall–Kier alpha value is -3.80. The number of nitrogens with zero attached hydrogens (tertiary/aromatic N) is 4. The Labute approximate surface area is 192 Å². The van der Waals surface area contributed by atoms with Gasteiger partial charge in [0.25, 0.3) is 5.69 Å². The number of non-ortho nitro benzene ring substituents is 1. The number of rotatable bonds is 8. The summed E-state index contributed by atoms with van der Waals surface area (Å²) >= 11 is 1.05. The van der Waals surface area contributed by atoms with Gasteiger partial charge in [0, 0.05) is 23.2 Å². The van der Waals surface area contributed by atoms with Gasteiger partial charge in [-0.3, -0.25) is 10.1 Å². The zero-order chi connectivity index (χ0) is 23.4. The summed E-state index contributed by atoms with van der Waals surface area (Å²) in [4.78, 5) is 23.3. The number of aliphatic hydroxyl groups is 2. The number of benzene rings is 2. The number of nitro benzene ring substituents is 1. The molecule has 0 spiro atoms. The molecule has 1 atom stereocenters. The summed E-state index contributed by atoms with van der Waals surface area (Å²) in [5.74, 6) is 1.61. The van der Waals surface area contributed by atoms with Crippen LogP contribution in [0.15, 0.2) is 66.1 Å². The predicted octanol–water partition coefficient (Wildman–Crippen LogP) is 4.18. The maximum Gasteiger partial charge on any atom is 0.270 e. The van der Waals surface area contributed by atoms with Crippen LogP contribution in [0.3, 0.4) is 0 Å². The fourth-order valence-corrected chi connectivity index (χ4v) is 3.65. The maximum absolute atomic E-state index is 11.1. The van der Waals surface area contributed by atoms with Crippen molar-refractivity contribution < 1.29 is 19.9 Å². The van der Waals surface area contributed by atoms with Crippen molar-refractivity contribution in [1.29, 1.82) is 0 Å². The molecule has 2 aromatic heterocycles. The quantitative estimate of drug-likeness (QED) is 0.150. The average Bonchev–Trinajstić information content (AvgIpc) is 2.82. The Balaban J connectivity index is 1.51. The second-order valence-electron chi connectivity index (χ2n) is 6.98. The molecule has 3 N–H and O–H groups in total. The summed E-state index contributed by atoms with van der Waals surface area (Å²) in [7, 11) is 0. The highest BCUT2D eigenvalue weighted by Gasteiger charge is 2.12. The van der Waals surface area contributed by atoms with Crippen molar-refractivity contribution in [2.24, 2.45) is 0 Å². The Morgan fingerprint density at radius 2 is 2.00 bits per heavy atom. The van der Waals surface area contributed by atoms with Gasteiger partial charge in [-0.15, -0.1) is 0 Å². The number of ether oxygens (including phenoxy) is 1. The van der Waals surface area contributed by atoms with Gasteiger partial charge in [-0.2, -0.15) is 0 Å². The first-order valence-corrected chi connectivity index (χ1v) is 10.7. The van der Waals surface area contributed by atoms with E-state index in [1.54, 1.807) is 24.3 Å². The van der Waals surface area contributed by atoms with Gasteiger partial charge in [-0.1, -0.05) is 11.8 Å². The lowest BCUT2D eigenvalue weighted by atomic mass is 10.1. The smallest absolute Gasteiger partial charge is 0.270 e. The summed E-state index contributed by atoms with van der Waals surface area (Å²) in [5, 5.41) is 33.8. The van der Waals surface area contributed by atoms with Crippen LogP contribution in [0, 0.1) is 17.0 Å². The van der Waals surface area contributed by atoms with Crippen molar-refractivity contribution in [3.63, 3.8) is 0 Å². The molecule has 0 aliphatic carbocycles. The van der Waals surface area contributed by atoms with Crippen LogP contribution in [0.2, 0.25) is 0 Å². The van der Waals surface area contributed by atoms with E-state index in [1.165, 1.54) is 24.7 Å². The van der Waals surface area contributed by atoms with Crippen molar-refractivity contribution in [3.8, 4) is 11.5 Å². The van der Waals surface area contributed by atoms with Crippen LogP contribution in [-0.4, -0.2) is 42.1 Å². The maximum atomic E-state index is 11.1. The number of aryl methyl sites for hydroxylation is 1. The Bertz CT molecular complexity index is 1300. The van der Waals surface area contributed by atoms with Crippen molar-refractivity contribution in [2.75, 3.05) is 11.9 Å². The largest absolute Gasteiger partial charge is 0.455 e. The van der Waals surface area contributed by atoms with E-state index in [1.807, 2.05) is 19.1 Å². The second-order valence-corrected chi connectivity index (χ2v) is 8.17. The minimum Gasteiger partial charge on any atom is -0.455 e. The van der Waals surface area contributed by atoms with E-state index in [-0.39, 0.29) is 12.3 Å². The van der Waals surface area contributed by atoms with E-state index >= 15 is 0 Å². The van der Waals surface area contributed by atoms with Crippen LogP contribution < -0.4 is 10.1 Å². The van der Waals surface area contributed by atoms with E-state index in [9.17, 15) is 15.2 Å². The molecule has 168 valence electrons. The van der Waals surface area contributed by atoms with Crippen LogP contribution in [0.5, 0.6) is 11.5 Å². The summed E-state index contributed by atoms with van der Waals surface area (Å²) < 4.78 is 5.90. The molecule has 0 saturated carbocycles. The number of nitrogens with one attached hydrogen (secondary N) is 1. The molecular formula is C22H19N5O5S. The van der Waals surface area contributed by atoms with Crippen molar-refractivity contribution >= 4 is 39.9 Å². The standard InChI is InChI=1S/C22H19N5O5S/c1-13-8-14(26-22-17-9-15(27(30)31)3-5-18(17)24-12-25-22)2-6-19(13)32-16-4-7-20(23-10-16)33-21(29)11-28/h2-10,12,21,28-29H,11H2,1H3,(H,24,25,26)/t21-/m0/s1. The highest BCUT2D eigenvalue weighted by Crippen LogP contribution is 2.31. The predicted molar refractivity (Wildman–Crippen MR) is 124 cm³/mol. The lowest BCUT2D eigenvalue weighted by Crippen LogP contribution is -2.06. The molecule has 0 unspecified atom stereocenters. The van der Waals surface area contributed by atoms with Gasteiger partial charge in [0.2, 0.25) is 0 Å². The molecule has 2 aromatic carbocycles. The third kappa shape index (κ3) is 5.34. The first-order chi connectivity index (χ1) is 15.9. The molecule has 0 aliphatic heterocycles. The molecule has 0 bridgehead atoms. The Kier molecular flexibility index (Phi) is 6.63. The summed E-state index contributed by atoms with van der Waals surface area (Å²) in [6.45, 7) is 1.53. The third-order valence-corrected chi connectivity index (χ3v) is 5.52. The van der Waals surface area contributed by atoms with E-state index in [0.29, 0.717) is 33.2 Å². The van der Waals surface area contributed by atoms with Crippen LogP contribution >= 0.6 is 11.8 Å². The zero-order valence-corrected chi connectivity index (χ0v) is 18.2. The molecule has 33 heavy (non-hydrogen) atoms. The normalized spacial score (nSPS) is 11.8. The number of hydrogen-bond acceptors (Lipinski definition) is 10. The van der Waals surface area contributed by atoms with Gasteiger partial charge in [-0.25, -0.2) is 15.0 Å². The molecule has 0 saturated heterocycles. The molecule has 0 radical (unpaired) electrons. The van der Waals surface area contributed by atoms with Gasteiger partial charge < -0.3 is 20.3 Å². The molecule has 4 rings (SSSR count). The van der Waals surface area contributed by atoms with Gasteiger partial charge in [0.05, 0.1) is 28.3 Å². The number of pyridine rings is 1. The molecule has 0 amide bonds. The molecular weight excluding hydrogens is 446 g/mol. The van der Waals surface area contributed by atoms with Gasteiger partial charge in [0.1, 0.15) is 29.1 Å². The topological polar surface area (TPSA) is 144 Å². The SMILES string of the molecule is Cc1cc(Nc2ncnc3ccc([N+](=O)[O-])cc23)ccc1Oc1ccc(S[C@H](O)CO)nc1. The zero-order valence-electron chi connectivity index (χ0n) is 17.4. The molecule has 11 heteroatoms. The fraction of sp³-hybridized carbons (Fsp3) is 0.136. The van der Waals surface area contributed by atoms with Gasteiger partial charge >= 0.3 is 0 Å². The van der Waals surface area contributed by atoms with E-state index in [0.717, 1.165) is 23.0 Å². The minimum atomic E-state index is -0.926. The number of nitro groups is 1.